The van der Waals surface area contributed by atoms with Gasteiger partial charge in [-0.25, -0.2) is 4.98 Å². The SMILES string of the molecule is Cc1ccc(Nc2nc3ccccc3[nH]2)c(Br)c1. The first kappa shape index (κ1) is 11.3. The fourth-order valence-electron chi connectivity index (χ4n) is 1.86. The van der Waals surface area contributed by atoms with Gasteiger partial charge in [0, 0.05) is 4.47 Å². The first-order valence-electron chi connectivity index (χ1n) is 5.70. The smallest absolute Gasteiger partial charge is 0.205 e. The molecule has 0 amide bonds. The fraction of sp³-hybridized carbons (Fsp3) is 0.0714. The number of hydrogen-bond acceptors (Lipinski definition) is 2. The highest BCUT2D eigenvalue weighted by molar-refractivity contribution is 9.10. The van der Waals surface area contributed by atoms with Gasteiger partial charge >= 0.3 is 0 Å². The summed E-state index contributed by atoms with van der Waals surface area (Å²) in [7, 11) is 0. The van der Waals surface area contributed by atoms with E-state index in [1.165, 1.54) is 5.56 Å². The van der Waals surface area contributed by atoms with E-state index in [-0.39, 0.29) is 0 Å². The standard InChI is InChI=1S/C14H12BrN3/c1-9-6-7-11(10(15)8-9)16-14-17-12-4-2-3-5-13(12)18-14/h2-8H,1H3,(H2,16,17,18). The molecule has 0 radical (unpaired) electrons. The third-order valence-corrected chi connectivity index (χ3v) is 3.42. The molecule has 0 saturated heterocycles. The Bertz CT molecular complexity index is 670. The van der Waals surface area contributed by atoms with Gasteiger partial charge in [0.1, 0.15) is 0 Å². The van der Waals surface area contributed by atoms with E-state index in [4.69, 9.17) is 0 Å². The molecule has 3 nitrogen and oxygen atoms in total. The molecule has 18 heavy (non-hydrogen) atoms. The molecular formula is C14H12BrN3. The highest BCUT2D eigenvalue weighted by Gasteiger charge is 2.04. The lowest BCUT2D eigenvalue weighted by Crippen LogP contribution is -1.93. The second-order valence-corrected chi connectivity index (χ2v) is 5.07. The second kappa shape index (κ2) is 4.46. The Balaban J connectivity index is 1.96. The zero-order valence-electron chi connectivity index (χ0n) is 9.87. The molecule has 1 aromatic heterocycles. The minimum Gasteiger partial charge on any atom is -0.325 e. The van der Waals surface area contributed by atoms with Crippen molar-refractivity contribution in [2.45, 2.75) is 6.92 Å². The Kier molecular flexibility index (Phi) is 2.80. The van der Waals surface area contributed by atoms with Crippen molar-refractivity contribution in [3.05, 3.63) is 52.5 Å². The predicted molar refractivity (Wildman–Crippen MR) is 78.3 cm³/mol. The number of anilines is 2. The predicted octanol–water partition coefficient (Wildman–Crippen LogP) is 4.38. The quantitative estimate of drug-likeness (QED) is 0.737. The molecular weight excluding hydrogens is 290 g/mol. The number of aromatic nitrogens is 2. The van der Waals surface area contributed by atoms with Crippen molar-refractivity contribution in [2.24, 2.45) is 0 Å². The van der Waals surface area contributed by atoms with E-state index in [1.807, 2.05) is 30.3 Å². The number of nitrogens with zero attached hydrogens (tertiary/aromatic N) is 1. The summed E-state index contributed by atoms with van der Waals surface area (Å²) in [5.74, 6) is 0.751. The van der Waals surface area contributed by atoms with Crippen LogP contribution in [0.3, 0.4) is 0 Å². The Morgan fingerprint density at radius 1 is 1.17 bits per heavy atom. The van der Waals surface area contributed by atoms with Crippen LogP contribution in [-0.4, -0.2) is 9.97 Å². The van der Waals surface area contributed by atoms with E-state index in [2.05, 4.69) is 50.3 Å². The molecule has 90 valence electrons. The van der Waals surface area contributed by atoms with E-state index >= 15 is 0 Å². The number of rotatable bonds is 2. The van der Waals surface area contributed by atoms with Crippen LogP contribution >= 0.6 is 15.9 Å². The summed E-state index contributed by atoms with van der Waals surface area (Å²) >= 11 is 3.54. The number of nitrogens with one attached hydrogen (secondary N) is 2. The summed E-state index contributed by atoms with van der Waals surface area (Å²) in [5.41, 5.74) is 4.21. The zero-order chi connectivity index (χ0) is 12.5. The summed E-state index contributed by atoms with van der Waals surface area (Å²) in [5, 5.41) is 3.28. The van der Waals surface area contributed by atoms with Gasteiger partial charge in [-0.2, -0.15) is 0 Å². The molecule has 0 aliphatic rings. The van der Waals surface area contributed by atoms with Gasteiger partial charge < -0.3 is 10.3 Å². The Morgan fingerprint density at radius 2 is 2.00 bits per heavy atom. The lowest BCUT2D eigenvalue weighted by molar-refractivity contribution is 1.30. The molecule has 4 heteroatoms. The summed E-state index contributed by atoms with van der Waals surface area (Å²) < 4.78 is 1.03. The number of hydrogen-bond donors (Lipinski definition) is 2. The van der Waals surface area contributed by atoms with Crippen LogP contribution in [0.2, 0.25) is 0 Å². The Labute approximate surface area is 113 Å². The maximum absolute atomic E-state index is 4.48. The van der Waals surface area contributed by atoms with Crippen molar-refractivity contribution in [1.82, 2.24) is 9.97 Å². The summed E-state index contributed by atoms with van der Waals surface area (Å²) in [6, 6.07) is 14.1. The molecule has 0 aliphatic heterocycles. The van der Waals surface area contributed by atoms with E-state index in [1.54, 1.807) is 0 Å². The third kappa shape index (κ3) is 2.11. The monoisotopic (exact) mass is 301 g/mol. The third-order valence-electron chi connectivity index (χ3n) is 2.77. The fourth-order valence-corrected chi connectivity index (χ4v) is 2.45. The zero-order valence-corrected chi connectivity index (χ0v) is 11.5. The summed E-state index contributed by atoms with van der Waals surface area (Å²) in [6.45, 7) is 2.07. The average molecular weight is 302 g/mol. The minimum absolute atomic E-state index is 0.751. The molecule has 2 N–H and O–H groups in total. The van der Waals surface area contributed by atoms with Crippen molar-refractivity contribution in [3.8, 4) is 0 Å². The van der Waals surface area contributed by atoms with E-state index < -0.39 is 0 Å². The molecule has 1 heterocycles. The van der Waals surface area contributed by atoms with Gasteiger partial charge in [-0.1, -0.05) is 18.2 Å². The van der Waals surface area contributed by atoms with Crippen LogP contribution in [0, 0.1) is 6.92 Å². The first-order valence-corrected chi connectivity index (χ1v) is 6.49. The maximum atomic E-state index is 4.48. The number of halogens is 1. The van der Waals surface area contributed by atoms with Gasteiger partial charge in [0.2, 0.25) is 5.95 Å². The number of para-hydroxylation sites is 2. The van der Waals surface area contributed by atoms with Crippen molar-refractivity contribution >= 4 is 38.6 Å². The molecule has 0 saturated carbocycles. The number of aryl methyl sites for hydroxylation is 1. The van der Waals surface area contributed by atoms with E-state index in [0.29, 0.717) is 0 Å². The van der Waals surface area contributed by atoms with E-state index in [0.717, 1.165) is 27.1 Å². The van der Waals surface area contributed by atoms with Crippen molar-refractivity contribution in [1.29, 1.82) is 0 Å². The number of aromatic amines is 1. The number of benzene rings is 2. The molecule has 0 spiro atoms. The van der Waals surface area contributed by atoms with Gasteiger partial charge in [-0.05, 0) is 52.7 Å². The van der Waals surface area contributed by atoms with Crippen molar-refractivity contribution in [3.63, 3.8) is 0 Å². The second-order valence-electron chi connectivity index (χ2n) is 4.21. The molecule has 0 bridgehead atoms. The highest BCUT2D eigenvalue weighted by Crippen LogP contribution is 2.26. The van der Waals surface area contributed by atoms with Crippen molar-refractivity contribution < 1.29 is 0 Å². The van der Waals surface area contributed by atoms with Gasteiger partial charge in [0.25, 0.3) is 0 Å². The minimum atomic E-state index is 0.751. The molecule has 0 fully saturated rings. The van der Waals surface area contributed by atoms with Gasteiger partial charge in [-0.3, -0.25) is 0 Å². The van der Waals surface area contributed by atoms with Crippen LogP contribution in [-0.2, 0) is 0 Å². The molecule has 3 rings (SSSR count). The summed E-state index contributed by atoms with van der Waals surface area (Å²) in [4.78, 5) is 7.73. The molecule has 0 atom stereocenters. The van der Waals surface area contributed by atoms with E-state index in [9.17, 15) is 0 Å². The van der Waals surface area contributed by atoms with Crippen LogP contribution in [0.15, 0.2) is 46.9 Å². The highest BCUT2D eigenvalue weighted by atomic mass is 79.9. The normalized spacial score (nSPS) is 10.8. The topological polar surface area (TPSA) is 40.7 Å². The summed E-state index contributed by atoms with van der Waals surface area (Å²) in [6.07, 6.45) is 0. The number of imidazole rings is 1. The largest absolute Gasteiger partial charge is 0.325 e. The lowest BCUT2D eigenvalue weighted by atomic mass is 10.2. The van der Waals surface area contributed by atoms with Crippen LogP contribution in [0.25, 0.3) is 11.0 Å². The van der Waals surface area contributed by atoms with Crippen LogP contribution in [0.1, 0.15) is 5.56 Å². The average Bonchev–Trinajstić information content (AvgIpc) is 2.75. The number of fused-ring (bicyclic) bond motifs is 1. The Hall–Kier alpha value is -1.81. The lowest BCUT2D eigenvalue weighted by Gasteiger charge is -2.06. The first-order chi connectivity index (χ1) is 8.72. The van der Waals surface area contributed by atoms with Crippen molar-refractivity contribution in [2.75, 3.05) is 5.32 Å². The van der Waals surface area contributed by atoms with Crippen LogP contribution < -0.4 is 5.32 Å². The van der Waals surface area contributed by atoms with Gasteiger partial charge in [-0.15, -0.1) is 0 Å². The number of H-pyrrole nitrogens is 1. The Morgan fingerprint density at radius 3 is 2.78 bits per heavy atom. The van der Waals surface area contributed by atoms with Gasteiger partial charge in [0.05, 0.1) is 16.7 Å². The van der Waals surface area contributed by atoms with Crippen LogP contribution in [0.4, 0.5) is 11.6 Å². The molecule has 0 unspecified atom stereocenters. The molecule has 3 aromatic rings. The van der Waals surface area contributed by atoms with Crippen LogP contribution in [0.5, 0.6) is 0 Å². The van der Waals surface area contributed by atoms with Gasteiger partial charge in [0.15, 0.2) is 0 Å². The molecule has 2 aromatic carbocycles. The molecule has 0 aliphatic carbocycles. The maximum Gasteiger partial charge on any atom is 0.205 e.